The minimum absolute atomic E-state index is 0.479. The van der Waals surface area contributed by atoms with Crippen LogP contribution in [0.1, 0.15) is 12.8 Å². The molecule has 0 aromatic carbocycles. The van der Waals surface area contributed by atoms with Crippen molar-refractivity contribution in [3.63, 3.8) is 0 Å². The normalized spacial score (nSPS) is 34.2. The molecule has 2 heterocycles. The SMILES string of the molecule is NCC1CNCC12CCOCC2. The molecule has 0 bridgehead atoms. The smallest absolute Gasteiger partial charge is 0.0471 e. The molecule has 2 aliphatic heterocycles. The fraction of sp³-hybridized carbons (Fsp3) is 1.00. The number of rotatable bonds is 1. The lowest BCUT2D eigenvalue weighted by Crippen LogP contribution is -2.39. The van der Waals surface area contributed by atoms with Gasteiger partial charge in [-0.2, -0.15) is 0 Å². The van der Waals surface area contributed by atoms with E-state index in [1.807, 2.05) is 0 Å². The Morgan fingerprint density at radius 1 is 1.42 bits per heavy atom. The van der Waals surface area contributed by atoms with Gasteiger partial charge in [0, 0.05) is 19.8 Å². The van der Waals surface area contributed by atoms with Crippen molar-refractivity contribution in [2.45, 2.75) is 12.8 Å². The lowest BCUT2D eigenvalue weighted by molar-refractivity contribution is 0.00440. The molecule has 0 radical (unpaired) electrons. The monoisotopic (exact) mass is 170 g/mol. The van der Waals surface area contributed by atoms with Gasteiger partial charge in [-0.05, 0) is 37.3 Å². The summed E-state index contributed by atoms with van der Waals surface area (Å²) >= 11 is 0. The van der Waals surface area contributed by atoms with Gasteiger partial charge in [-0.3, -0.25) is 0 Å². The Hall–Kier alpha value is -0.120. The minimum atomic E-state index is 0.479. The summed E-state index contributed by atoms with van der Waals surface area (Å²) in [7, 11) is 0. The summed E-state index contributed by atoms with van der Waals surface area (Å²) in [5.74, 6) is 0.682. The molecule has 1 atom stereocenters. The van der Waals surface area contributed by atoms with Crippen LogP contribution in [0.3, 0.4) is 0 Å². The third-order valence-corrected chi connectivity index (χ3v) is 3.51. The van der Waals surface area contributed by atoms with Crippen LogP contribution in [0.2, 0.25) is 0 Å². The van der Waals surface area contributed by atoms with E-state index in [9.17, 15) is 0 Å². The first-order valence-corrected chi connectivity index (χ1v) is 4.86. The van der Waals surface area contributed by atoms with Crippen molar-refractivity contribution in [1.82, 2.24) is 5.32 Å². The fourth-order valence-electron chi connectivity index (χ4n) is 2.55. The minimum Gasteiger partial charge on any atom is -0.381 e. The van der Waals surface area contributed by atoms with Gasteiger partial charge in [0.25, 0.3) is 0 Å². The molecule has 0 saturated carbocycles. The summed E-state index contributed by atoms with van der Waals surface area (Å²) in [6, 6.07) is 0. The summed E-state index contributed by atoms with van der Waals surface area (Å²) in [6.45, 7) is 4.94. The predicted octanol–water partition coefficient (Wildman–Crippen LogP) is -0.0387. The lowest BCUT2D eigenvalue weighted by Gasteiger charge is -2.37. The Labute approximate surface area is 73.7 Å². The topological polar surface area (TPSA) is 47.3 Å². The van der Waals surface area contributed by atoms with Gasteiger partial charge in [-0.15, -0.1) is 0 Å². The van der Waals surface area contributed by atoms with Gasteiger partial charge in [0.2, 0.25) is 0 Å². The molecule has 0 aromatic heterocycles. The molecule has 0 amide bonds. The summed E-state index contributed by atoms with van der Waals surface area (Å²) in [4.78, 5) is 0. The van der Waals surface area contributed by atoms with E-state index in [2.05, 4.69) is 5.32 Å². The highest BCUT2D eigenvalue weighted by molar-refractivity contribution is 4.96. The second kappa shape index (κ2) is 3.32. The first-order valence-electron chi connectivity index (χ1n) is 4.86. The zero-order valence-corrected chi connectivity index (χ0v) is 7.51. The van der Waals surface area contributed by atoms with Gasteiger partial charge in [-0.25, -0.2) is 0 Å². The Kier molecular flexibility index (Phi) is 2.35. The van der Waals surface area contributed by atoms with E-state index in [0.717, 1.165) is 32.8 Å². The molecule has 0 aliphatic carbocycles. The second-order valence-electron chi connectivity index (χ2n) is 4.04. The Morgan fingerprint density at radius 2 is 2.17 bits per heavy atom. The van der Waals surface area contributed by atoms with E-state index >= 15 is 0 Å². The average molecular weight is 170 g/mol. The first-order chi connectivity index (χ1) is 5.87. The number of nitrogens with one attached hydrogen (secondary N) is 1. The molecule has 1 spiro atoms. The number of hydrogen-bond acceptors (Lipinski definition) is 3. The standard InChI is InChI=1S/C9H18N2O/c10-5-8-6-11-7-9(8)1-3-12-4-2-9/h8,11H,1-7,10H2. The number of hydrogen-bond donors (Lipinski definition) is 2. The Balaban J connectivity index is 2.05. The van der Waals surface area contributed by atoms with E-state index < -0.39 is 0 Å². The molecule has 3 heteroatoms. The van der Waals surface area contributed by atoms with Gasteiger partial charge >= 0.3 is 0 Å². The first kappa shape index (κ1) is 8.48. The van der Waals surface area contributed by atoms with E-state index in [1.54, 1.807) is 0 Å². The molecule has 2 aliphatic rings. The Bertz CT molecular complexity index is 155. The van der Waals surface area contributed by atoms with Crippen molar-refractivity contribution in [3.05, 3.63) is 0 Å². The third kappa shape index (κ3) is 1.26. The van der Waals surface area contributed by atoms with E-state index in [4.69, 9.17) is 10.5 Å². The van der Waals surface area contributed by atoms with Gasteiger partial charge in [0.1, 0.15) is 0 Å². The van der Waals surface area contributed by atoms with Crippen molar-refractivity contribution in [3.8, 4) is 0 Å². The molecule has 2 fully saturated rings. The lowest BCUT2D eigenvalue weighted by atomic mass is 9.72. The van der Waals surface area contributed by atoms with E-state index in [-0.39, 0.29) is 0 Å². The van der Waals surface area contributed by atoms with Crippen LogP contribution in [-0.2, 0) is 4.74 Å². The largest absolute Gasteiger partial charge is 0.381 e. The maximum atomic E-state index is 5.76. The van der Waals surface area contributed by atoms with Crippen LogP contribution in [0.4, 0.5) is 0 Å². The van der Waals surface area contributed by atoms with Gasteiger partial charge in [-0.1, -0.05) is 0 Å². The molecule has 0 aromatic rings. The summed E-state index contributed by atoms with van der Waals surface area (Å²) in [6.07, 6.45) is 2.39. The van der Waals surface area contributed by atoms with Crippen LogP contribution in [0, 0.1) is 11.3 Å². The number of ether oxygens (including phenoxy) is 1. The summed E-state index contributed by atoms with van der Waals surface area (Å²) in [5, 5.41) is 3.45. The molecular weight excluding hydrogens is 152 g/mol. The Morgan fingerprint density at radius 3 is 2.83 bits per heavy atom. The van der Waals surface area contributed by atoms with E-state index in [1.165, 1.54) is 12.8 Å². The highest BCUT2D eigenvalue weighted by Gasteiger charge is 2.42. The highest BCUT2D eigenvalue weighted by atomic mass is 16.5. The van der Waals surface area contributed by atoms with Crippen molar-refractivity contribution in [2.24, 2.45) is 17.1 Å². The van der Waals surface area contributed by atoms with Crippen LogP contribution in [-0.4, -0.2) is 32.8 Å². The van der Waals surface area contributed by atoms with Crippen LogP contribution in [0.5, 0.6) is 0 Å². The predicted molar refractivity (Wildman–Crippen MR) is 47.9 cm³/mol. The van der Waals surface area contributed by atoms with Gasteiger partial charge in [0.15, 0.2) is 0 Å². The maximum absolute atomic E-state index is 5.76. The molecule has 3 nitrogen and oxygen atoms in total. The molecular formula is C9H18N2O. The highest BCUT2D eigenvalue weighted by Crippen LogP contribution is 2.40. The molecule has 12 heavy (non-hydrogen) atoms. The van der Waals surface area contributed by atoms with E-state index in [0.29, 0.717) is 11.3 Å². The number of nitrogens with two attached hydrogens (primary N) is 1. The van der Waals surface area contributed by atoms with Gasteiger partial charge < -0.3 is 15.8 Å². The summed E-state index contributed by atoms with van der Waals surface area (Å²) in [5.41, 5.74) is 6.24. The van der Waals surface area contributed by atoms with Crippen molar-refractivity contribution < 1.29 is 4.74 Å². The zero-order chi connectivity index (χ0) is 8.44. The summed E-state index contributed by atoms with van der Waals surface area (Å²) < 4.78 is 5.38. The maximum Gasteiger partial charge on any atom is 0.0471 e. The van der Waals surface area contributed by atoms with Crippen molar-refractivity contribution in [1.29, 1.82) is 0 Å². The van der Waals surface area contributed by atoms with Crippen LogP contribution in [0.15, 0.2) is 0 Å². The van der Waals surface area contributed by atoms with Crippen LogP contribution < -0.4 is 11.1 Å². The van der Waals surface area contributed by atoms with Gasteiger partial charge in [0.05, 0.1) is 0 Å². The second-order valence-corrected chi connectivity index (χ2v) is 4.04. The zero-order valence-electron chi connectivity index (χ0n) is 7.51. The third-order valence-electron chi connectivity index (χ3n) is 3.51. The molecule has 2 rings (SSSR count). The van der Waals surface area contributed by atoms with Crippen LogP contribution in [0.25, 0.3) is 0 Å². The molecule has 2 saturated heterocycles. The molecule has 1 unspecified atom stereocenters. The average Bonchev–Trinajstić information content (AvgIpc) is 2.49. The quantitative estimate of drug-likeness (QED) is 0.580. The molecule has 3 N–H and O–H groups in total. The fourth-order valence-corrected chi connectivity index (χ4v) is 2.55. The van der Waals surface area contributed by atoms with Crippen molar-refractivity contribution >= 4 is 0 Å². The van der Waals surface area contributed by atoms with Crippen LogP contribution >= 0.6 is 0 Å². The van der Waals surface area contributed by atoms with Crippen molar-refractivity contribution in [2.75, 3.05) is 32.8 Å². The molecule has 70 valence electrons.